The first-order valence-electron chi connectivity index (χ1n) is 7.64. The smallest absolute Gasteiger partial charge is 0.0581 e. The maximum atomic E-state index is 6.33. The van der Waals surface area contributed by atoms with Gasteiger partial charge in [-0.25, -0.2) is 0 Å². The SMILES string of the molecule is CCC1CCCC(OC2CCC(NC)CC2)C1. The first-order valence-corrected chi connectivity index (χ1v) is 7.64. The molecule has 2 aliphatic rings. The molecule has 0 heterocycles. The van der Waals surface area contributed by atoms with Crippen LogP contribution in [-0.4, -0.2) is 25.3 Å². The van der Waals surface area contributed by atoms with Crippen LogP contribution in [0.1, 0.15) is 64.7 Å². The van der Waals surface area contributed by atoms with Crippen molar-refractivity contribution >= 4 is 0 Å². The molecule has 0 amide bonds. The summed E-state index contributed by atoms with van der Waals surface area (Å²) < 4.78 is 6.33. The van der Waals surface area contributed by atoms with Gasteiger partial charge in [0, 0.05) is 6.04 Å². The molecule has 2 heteroatoms. The van der Waals surface area contributed by atoms with E-state index < -0.39 is 0 Å². The topological polar surface area (TPSA) is 21.3 Å². The zero-order valence-electron chi connectivity index (χ0n) is 11.6. The number of nitrogens with one attached hydrogen (secondary N) is 1. The summed E-state index contributed by atoms with van der Waals surface area (Å²) in [5.74, 6) is 0.933. The summed E-state index contributed by atoms with van der Waals surface area (Å²) in [5, 5.41) is 3.39. The molecule has 0 radical (unpaired) electrons. The lowest BCUT2D eigenvalue weighted by atomic mass is 9.85. The molecule has 100 valence electrons. The van der Waals surface area contributed by atoms with E-state index in [2.05, 4.69) is 19.3 Å². The van der Waals surface area contributed by atoms with E-state index in [1.165, 1.54) is 57.8 Å². The summed E-state index contributed by atoms with van der Waals surface area (Å²) in [5.41, 5.74) is 0. The molecule has 0 aromatic rings. The summed E-state index contributed by atoms with van der Waals surface area (Å²) >= 11 is 0. The van der Waals surface area contributed by atoms with Crippen molar-refractivity contribution in [1.82, 2.24) is 5.32 Å². The lowest BCUT2D eigenvalue weighted by Crippen LogP contribution is -2.35. The molecule has 0 aromatic heterocycles. The Morgan fingerprint density at radius 2 is 1.76 bits per heavy atom. The molecule has 2 fully saturated rings. The van der Waals surface area contributed by atoms with Crippen LogP contribution < -0.4 is 5.32 Å². The zero-order valence-corrected chi connectivity index (χ0v) is 11.6. The van der Waals surface area contributed by atoms with Crippen molar-refractivity contribution in [2.45, 2.75) is 83.0 Å². The van der Waals surface area contributed by atoms with Gasteiger partial charge in [0.1, 0.15) is 0 Å². The monoisotopic (exact) mass is 239 g/mol. The van der Waals surface area contributed by atoms with Gasteiger partial charge in [-0.05, 0) is 51.5 Å². The molecule has 2 nitrogen and oxygen atoms in total. The van der Waals surface area contributed by atoms with E-state index in [0.717, 1.165) is 12.0 Å². The normalized spacial score (nSPS) is 39.2. The molecule has 0 saturated heterocycles. The molecular formula is C15H29NO. The minimum atomic E-state index is 0.556. The Kier molecular flexibility index (Phi) is 5.30. The predicted molar refractivity (Wildman–Crippen MR) is 72.2 cm³/mol. The van der Waals surface area contributed by atoms with Gasteiger partial charge in [0.15, 0.2) is 0 Å². The Morgan fingerprint density at radius 1 is 1.00 bits per heavy atom. The van der Waals surface area contributed by atoms with Gasteiger partial charge in [-0.3, -0.25) is 0 Å². The van der Waals surface area contributed by atoms with Crippen molar-refractivity contribution in [2.24, 2.45) is 5.92 Å². The molecule has 0 aromatic carbocycles. The number of hydrogen-bond acceptors (Lipinski definition) is 2. The average Bonchev–Trinajstić information content (AvgIpc) is 2.40. The quantitative estimate of drug-likeness (QED) is 0.810. The second-order valence-corrected chi connectivity index (χ2v) is 5.96. The summed E-state index contributed by atoms with van der Waals surface area (Å²) in [6.07, 6.45) is 13.0. The van der Waals surface area contributed by atoms with E-state index in [-0.39, 0.29) is 0 Å². The predicted octanol–water partition coefficient (Wildman–Crippen LogP) is 3.50. The lowest BCUT2D eigenvalue weighted by molar-refractivity contribution is -0.0571. The van der Waals surface area contributed by atoms with Crippen molar-refractivity contribution < 1.29 is 4.74 Å². The fourth-order valence-corrected chi connectivity index (χ4v) is 3.50. The molecular weight excluding hydrogens is 210 g/mol. The van der Waals surface area contributed by atoms with Crippen molar-refractivity contribution in [2.75, 3.05) is 7.05 Å². The third-order valence-electron chi connectivity index (χ3n) is 4.78. The van der Waals surface area contributed by atoms with Crippen molar-refractivity contribution in [3.63, 3.8) is 0 Å². The van der Waals surface area contributed by atoms with Gasteiger partial charge in [-0.1, -0.05) is 26.2 Å². The Labute approximate surface area is 107 Å². The number of rotatable bonds is 4. The van der Waals surface area contributed by atoms with Gasteiger partial charge in [-0.2, -0.15) is 0 Å². The Bertz CT molecular complexity index is 211. The third kappa shape index (κ3) is 3.96. The lowest BCUT2D eigenvalue weighted by Gasteiger charge is -2.34. The van der Waals surface area contributed by atoms with Gasteiger partial charge in [0.05, 0.1) is 12.2 Å². The van der Waals surface area contributed by atoms with E-state index in [0.29, 0.717) is 12.2 Å². The summed E-state index contributed by atoms with van der Waals surface area (Å²) in [7, 11) is 2.08. The second-order valence-electron chi connectivity index (χ2n) is 5.96. The van der Waals surface area contributed by atoms with Gasteiger partial charge in [0.25, 0.3) is 0 Å². The van der Waals surface area contributed by atoms with Crippen LogP contribution in [-0.2, 0) is 4.74 Å². The Balaban J connectivity index is 1.70. The molecule has 0 spiro atoms. The van der Waals surface area contributed by atoms with E-state index in [1.54, 1.807) is 0 Å². The average molecular weight is 239 g/mol. The van der Waals surface area contributed by atoms with Crippen LogP contribution in [0.4, 0.5) is 0 Å². The summed E-state index contributed by atoms with van der Waals surface area (Å²) in [6.45, 7) is 2.32. The first-order chi connectivity index (χ1) is 8.31. The van der Waals surface area contributed by atoms with E-state index in [1.807, 2.05) is 0 Å². The zero-order chi connectivity index (χ0) is 12.1. The molecule has 0 bridgehead atoms. The van der Waals surface area contributed by atoms with Crippen molar-refractivity contribution in [3.05, 3.63) is 0 Å². The van der Waals surface area contributed by atoms with Crippen molar-refractivity contribution in [1.29, 1.82) is 0 Å². The fourth-order valence-electron chi connectivity index (χ4n) is 3.50. The van der Waals surface area contributed by atoms with Crippen LogP contribution in [0.25, 0.3) is 0 Å². The minimum Gasteiger partial charge on any atom is -0.375 e. The molecule has 2 atom stereocenters. The Morgan fingerprint density at radius 3 is 2.41 bits per heavy atom. The number of hydrogen-bond donors (Lipinski definition) is 1. The maximum absolute atomic E-state index is 6.33. The highest BCUT2D eigenvalue weighted by atomic mass is 16.5. The van der Waals surface area contributed by atoms with Crippen LogP contribution in [0.5, 0.6) is 0 Å². The highest BCUT2D eigenvalue weighted by Crippen LogP contribution is 2.31. The van der Waals surface area contributed by atoms with Crippen LogP contribution in [0.2, 0.25) is 0 Å². The van der Waals surface area contributed by atoms with Gasteiger partial charge in [0.2, 0.25) is 0 Å². The summed E-state index contributed by atoms with van der Waals surface area (Å²) in [4.78, 5) is 0. The highest BCUT2D eigenvalue weighted by Gasteiger charge is 2.26. The van der Waals surface area contributed by atoms with E-state index in [9.17, 15) is 0 Å². The van der Waals surface area contributed by atoms with Crippen molar-refractivity contribution in [3.8, 4) is 0 Å². The maximum Gasteiger partial charge on any atom is 0.0581 e. The molecule has 2 rings (SSSR count). The minimum absolute atomic E-state index is 0.556. The first kappa shape index (κ1) is 13.4. The van der Waals surface area contributed by atoms with Crippen LogP contribution in [0.3, 0.4) is 0 Å². The van der Waals surface area contributed by atoms with Gasteiger partial charge in [-0.15, -0.1) is 0 Å². The Hall–Kier alpha value is -0.0800. The number of ether oxygens (including phenoxy) is 1. The van der Waals surface area contributed by atoms with Gasteiger partial charge < -0.3 is 10.1 Å². The highest BCUT2D eigenvalue weighted by molar-refractivity contribution is 4.79. The van der Waals surface area contributed by atoms with Gasteiger partial charge >= 0.3 is 0 Å². The molecule has 0 aliphatic heterocycles. The van der Waals surface area contributed by atoms with Crippen LogP contribution in [0, 0.1) is 5.92 Å². The van der Waals surface area contributed by atoms with Crippen LogP contribution in [0.15, 0.2) is 0 Å². The standard InChI is InChI=1S/C15H29NO/c1-3-12-5-4-6-15(11-12)17-14-9-7-13(16-2)8-10-14/h12-16H,3-11H2,1-2H3. The van der Waals surface area contributed by atoms with E-state index >= 15 is 0 Å². The fraction of sp³-hybridized carbons (Fsp3) is 1.00. The molecule has 2 saturated carbocycles. The second kappa shape index (κ2) is 6.75. The molecule has 1 N–H and O–H groups in total. The molecule has 2 aliphatic carbocycles. The van der Waals surface area contributed by atoms with E-state index in [4.69, 9.17) is 4.74 Å². The molecule has 17 heavy (non-hydrogen) atoms. The summed E-state index contributed by atoms with van der Waals surface area (Å²) in [6, 6.07) is 0.740. The third-order valence-corrected chi connectivity index (χ3v) is 4.78. The molecule has 2 unspecified atom stereocenters. The largest absolute Gasteiger partial charge is 0.375 e. The van der Waals surface area contributed by atoms with Crippen LogP contribution >= 0.6 is 0 Å².